The van der Waals surface area contributed by atoms with Crippen LogP contribution in [0.3, 0.4) is 0 Å². The Hall–Kier alpha value is -3.78. The number of rotatable bonds is 5. The molecule has 0 atom stereocenters. The Morgan fingerprint density at radius 2 is 1.94 bits per heavy atom. The maximum absolute atomic E-state index is 12.8. The van der Waals surface area contributed by atoms with Gasteiger partial charge in [-0.2, -0.15) is 0 Å². The highest BCUT2D eigenvalue weighted by Gasteiger charge is 2.27. The normalized spacial score (nSPS) is 17.3. The second-order valence-corrected chi connectivity index (χ2v) is 8.34. The molecule has 1 amide bonds. The van der Waals surface area contributed by atoms with Crippen LogP contribution in [0, 0.1) is 6.92 Å². The average molecular weight is 443 g/mol. The van der Waals surface area contributed by atoms with Crippen LogP contribution in [0.4, 0.5) is 11.4 Å². The van der Waals surface area contributed by atoms with Gasteiger partial charge in [0.15, 0.2) is 0 Å². The van der Waals surface area contributed by atoms with E-state index in [0.717, 1.165) is 59.7 Å². The number of anilines is 2. The molecule has 5 rings (SSSR count). The van der Waals surface area contributed by atoms with Crippen molar-refractivity contribution in [2.75, 3.05) is 23.7 Å². The Bertz CT molecular complexity index is 1220. The Labute approximate surface area is 192 Å². The minimum atomic E-state index is -0.157. The van der Waals surface area contributed by atoms with Crippen molar-refractivity contribution in [1.82, 2.24) is 20.3 Å². The van der Waals surface area contributed by atoms with E-state index in [9.17, 15) is 4.79 Å². The third-order valence-corrected chi connectivity index (χ3v) is 5.98. The molecule has 8 heteroatoms. The minimum Gasteiger partial charge on any atom is -0.474 e. The van der Waals surface area contributed by atoms with E-state index in [-0.39, 0.29) is 12.0 Å². The largest absolute Gasteiger partial charge is 0.474 e. The molecule has 2 aliphatic heterocycles. The molecule has 0 saturated carbocycles. The van der Waals surface area contributed by atoms with Gasteiger partial charge in [-0.3, -0.25) is 14.8 Å². The number of carbonyl (C=O) groups is 1. The number of piperidine rings is 1. The van der Waals surface area contributed by atoms with Crippen molar-refractivity contribution in [2.45, 2.75) is 32.8 Å². The zero-order valence-electron chi connectivity index (χ0n) is 18.7. The second-order valence-electron chi connectivity index (χ2n) is 8.34. The summed E-state index contributed by atoms with van der Waals surface area (Å²) in [6.07, 6.45) is 9.14. The second kappa shape index (κ2) is 8.99. The van der Waals surface area contributed by atoms with E-state index in [0.29, 0.717) is 17.1 Å². The number of hydrogen-bond acceptors (Lipinski definition) is 7. The van der Waals surface area contributed by atoms with Gasteiger partial charge in [-0.15, -0.1) is 0 Å². The molecule has 0 aromatic carbocycles. The highest BCUT2D eigenvalue weighted by molar-refractivity contribution is 6.32. The van der Waals surface area contributed by atoms with Crippen LogP contribution >= 0.6 is 0 Å². The van der Waals surface area contributed by atoms with Gasteiger partial charge in [-0.1, -0.05) is 0 Å². The molecule has 0 aliphatic carbocycles. The molecule has 3 aromatic rings. The van der Waals surface area contributed by atoms with E-state index in [4.69, 9.17) is 4.74 Å². The zero-order valence-corrected chi connectivity index (χ0v) is 18.7. The summed E-state index contributed by atoms with van der Waals surface area (Å²) in [5.74, 6) is 0.458. The molecule has 3 N–H and O–H groups in total. The zero-order chi connectivity index (χ0) is 22.8. The van der Waals surface area contributed by atoms with Crippen LogP contribution in [-0.2, 0) is 4.79 Å². The average Bonchev–Trinajstić information content (AvgIpc) is 3.16. The fourth-order valence-corrected chi connectivity index (χ4v) is 4.21. The third kappa shape index (κ3) is 4.42. The van der Waals surface area contributed by atoms with E-state index in [2.05, 4.69) is 30.9 Å². The lowest BCUT2D eigenvalue weighted by molar-refractivity contribution is -0.110. The molecule has 3 aromatic heterocycles. The number of aromatic nitrogens is 3. The van der Waals surface area contributed by atoms with Crippen LogP contribution in [-0.4, -0.2) is 40.1 Å². The number of amides is 1. The Balaban J connectivity index is 1.38. The van der Waals surface area contributed by atoms with Crippen molar-refractivity contribution in [3.05, 3.63) is 65.9 Å². The monoisotopic (exact) mass is 442 g/mol. The first-order chi connectivity index (χ1) is 16.1. The molecule has 0 bridgehead atoms. The Kier molecular flexibility index (Phi) is 5.75. The Morgan fingerprint density at radius 1 is 1.09 bits per heavy atom. The molecular formula is C25H26N6O2. The van der Waals surface area contributed by atoms with Gasteiger partial charge in [0.1, 0.15) is 6.10 Å². The first-order valence-electron chi connectivity index (χ1n) is 11.1. The summed E-state index contributed by atoms with van der Waals surface area (Å²) >= 11 is 0. The van der Waals surface area contributed by atoms with Gasteiger partial charge < -0.3 is 20.7 Å². The van der Waals surface area contributed by atoms with E-state index in [1.165, 1.54) is 0 Å². The van der Waals surface area contributed by atoms with E-state index >= 15 is 0 Å². The summed E-state index contributed by atoms with van der Waals surface area (Å²) < 4.78 is 5.98. The van der Waals surface area contributed by atoms with E-state index in [1.807, 2.05) is 38.1 Å². The van der Waals surface area contributed by atoms with Crippen LogP contribution in [0.1, 0.15) is 30.9 Å². The van der Waals surface area contributed by atoms with Crippen LogP contribution < -0.4 is 20.7 Å². The van der Waals surface area contributed by atoms with Crippen molar-refractivity contribution in [2.24, 2.45) is 0 Å². The van der Waals surface area contributed by atoms with Gasteiger partial charge in [0.2, 0.25) is 5.88 Å². The summed E-state index contributed by atoms with van der Waals surface area (Å²) in [7, 11) is 0. The summed E-state index contributed by atoms with van der Waals surface area (Å²) in [5.41, 5.74) is 6.43. The summed E-state index contributed by atoms with van der Waals surface area (Å²) in [6, 6.07) is 7.66. The number of pyridine rings is 3. The number of allylic oxidation sites excluding steroid dienone is 1. The predicted octanol–water partition coefficient (Wildman–Crippen LogP) is 3.77. The van der Waals surface area contributed by atoms with Gasteiger partial charge in [-0.25, -0.2) is 4.98 Å². The molecule has 2 aliphatic rings. The fraction of sp³-hybridized carbons (Fsp3) is 0.280. The number of fused-ring (bicyclic) bond motifs is 1. The van der Waals surface area contributed by atoms with Gasteiger partial charge in [0.25, 0.3) is 5.91 Å². The third-order valence-electron chi connectivity index (χ3n) is 5.98. The first kappa shape index (κ1) is 21.1. The highest BCUT2D eigenvalue weighted by atomic mass is 16.5. The highest BCUT2D eigenvalue weighted by Crippen LogP contribution is 2.36. The molecule has 5 heterocycles. The van der Waals surface area contributed by atoms with Crippen LogP contribution in [0.15, 0.2) is 54.7 Å². The molecule has 8 nitrogen and oxygen atoms in total. The molecule has 33 heavy (non-hydrogen) atoms. The number of nitrogens with one attached hydrogen (secondary N) is 3. The van der Waals surface area contributed by atoms with Gasteiger partial charge in [0.05, 0.1) is 35.0 Å². The smallest absolute Gasteiger partial charge is 0.258 e. The maximum Gasteiger partial charge on any atom is 0.258 e. The van der Waals surface area contributed by atoms with Crippen molar-refractivity contribution >= 4 is 22.9 Å². The van der Waals surface area contributed by atoms with Gasteiger partial charge in [-0.05, 0) is 63.5 Å². The molecule has 0 unspecified atom stereocenters. The van der Waals surface area contributed by atoms with Crippen molar-refractivity contribution in [3.8, 4) is 17.1 Å². The molecule has 0 spiro atoms. The Morgan fingerprint density at radius 3 is 2.70 bits per heavy atom. The van der Waals surface area contributed by atoms with Crippen molar-refractivity contribution in [1.29, 1.82) is 0 Å². The fourth-order valence-electron chi connectivity index (χ4n) is 4.21. The van der Waals surface area contributed by atoms with Crippen molar-refractivity contribution < 1.29 is 9.53 Å². The molecule has 0 radical (unpaired) electrons. The topological polar surface area (TPSA) is 101 Å². The number of ether oxygens (including phenoxy) is 1. The number of aryl methyl sites for hydroxylation is 1. The number of carbonyl (C=O) groups excluding carboxylic acids is 1. The quantitative estimate of drug-likeness (QED) is 0.517. The standard InChI is InChI=1S/C25H26N6O2/c1-15-5-8-27-13-20(15)21-11-19-22(14-28-21)31-25(32)24(19)16(2)30-17-3-4-23(29-12-17)33-18-6-9-26-10-7-18/h3-5,8,11-14,18,26,30H,6-7,9-10H2,1-2H3,(H,31,32). The van der Waals surface area contributed by atoms with Gasteiger partial charge >= 0.3 is 0 Å². The maximum atomic E-state index is 12.8. The summed E-state index contributed by atoms with van der Waals surface area (Å²) in [5, 5.41) is 9.55. The van der Waals surface area contributed by atoms with Crippen LogP contribution in [0.5, 0.6) is 5.88 Å². The van der Waals surface area contributed by atoms with Crippen LogP contribution in [0.25, 0.3) is 16.8 Å². The molecule has 168 valence electrons. The number of nitrogens with zero attached hydrogens (tertiary/aromatic N) is 3. The first-order valence-corrected chi connectivity index (χ1v) is 11.1. The summed E-state index contributed by atoms with van der Waals surface area (Å²) in [4.78, 5) is 25.9. The lowest BCUT2D eigenvalue weighted by Crippen LogP contribution is -2.34. The molecule has 1 saturated heterocycles. The van der Waals surface area contributed by atoms with Crippen molar-refractivity contribution in [3.63, 3.8) is 0 Å². The number of hydrogen-bond donors (Lipinski definition) is 3. The predicted molar refractivity (Wildman–Crippen MR) is 128 cm³/mol. The van der Waals surface area contributed by atoms with Gasteiger partial charge in [0, 0.05) is 35.3 Å². The molecular weight excluding hydrogens is 416 g/mol. The lowest BCUT2D eigenvalue weighted by atomic mass is 10.0. The van der Waals surface area contributed by atoms with Crippen LogP contribution in [0.2, 0.25) is 0 Å². The van der Waals surface area contributed by atoms with E-state index in [1.54, 1.807) is 24.8 Å². The lowest BCUT2D eigenvalue weighted by Gasteiger charge is -2.23. The van der Waals surface area contributed by atoms with E-state index < -0.39 is 0 Å². The SMILES string of the molecule is CC(Nc1ccc(OC2CCNCC2)nc1)=C1C(=O)Nc2cnc(-c3cnccc3C)cc21. The molecule has 1 fully saturated rings. The minimum absolute atomic E-state index is 0.157. The summed E-state index contributed by atoms with van der Waals surface area (Å²) in [6.45, 7) is 5.85.